The lowest BCUT2D eigenvalue weighted by atomic mass is 9.51. The van der Waals surface area contributed by atoms with Crippen LogP contribution in [0.2, 0.25) is 0 Å². The fourth-order valence-corrected chi connectivity index (χ4v) is 6.40. The van der Waals surface area contributed by atoms with Crippen molar-refractivity contribution in [1.29, 1.82) is 0 Å². The molecule has 2 N–H and O–H groups in total. The first-order chi connectivity index (χ1) is 9.51. The minimum Gasteiger partial charge on any atom is -0.365 e. The van der Waals surface area contributed by atoms with Crippen LogP contribution in [0.5, 0.6) is 0 Å². The monoisotopic (exact) mass is 276 g/mol. The van der Waals surface area contributed by atoms with E-state index in [0.717, 1.165) is 24.7 Å². The SMILES string of the molecule is C[C@@]12CCC[C@H]1[C@@H]1CCC3=CCCC(O)(O)[C@@H]3[C@H]1CC2. The fourth-order valence-electron chi connectivity index (χ4n) is 6.40. The molecule has 0 aromatic heterocycles. The van der Waals surface area contributed by atoms with Crippen LogP contribution >= 0.6 is 0 Å². The summed E-state index contributed by atoms with van der Waals surface area (Å²) in [4.78, 5) is 0. The highest BCUT2D eigenvalue weighted by Crippen LogP contribution is 2.62. The standard InChI is InChI=1S/C18H28O2/c1-17-9-3-5-15(17)13-7-6-12-4-2-10-18(19,20)16(12)14(13)8-11-17/h4,13-16,19-20H,2-3,5-11H2,1H3/t13-,14+,15+,16+,17+/m1/s1. The first-order valence-corrected chi connectivity index (χ1v) is 8.65. The van der Waals surface area contributed by atoms with E-state index >= 15 is 0 Å². The highest BCUT2D eigenvalue weighted by Gasteiger charge is 2.56. The Bertz CT molecular complexity index is 439. The molecule has 112 valence electrons. The second-order valence-corrected chi connectivity index (χ2v) is 8.23. The third-order valence-electron chi connectivity index (χ3n) is 7.28. The summed E-state index contributed by atoms with van der Waals surface area (Å²) >= 11 is 0. The molecule has 0 saturated heterocycles. The van der Waals surface area contributed by atoms with E-state index in [4.69, 9.17) is 0 Å². The smallest absolute Gasteiger partial charge is 0.169 e. The van der Waals surface area contributed by atoms with Crippen molar-refractivity contribution in [2.24, 2.45) is 29.1 Å². The summed E-state index contributed by atoms with van der Waals surface area (Å²) in [6, 6.07) is 0. The molecule has 4 aliphatic rings. The lowest BCUT2D eigenvalue weighted by Crippen LogP contribution is -2.52. The van der Waals surface area contributed by atoms with E-state index < -0.39 is 5.79 Å². The fraction of sp³-hybridized carbons (Fsp3) is 0.889. The summed E-state index contributed by atoms with van der Waals surface area (Å²) in [5, 5.41) is 21.1. The summed E-state index contributed by atoms with van der Waals surface area (Å²) in [6.45, 7) is 2.50. The summed E-state index contributed by atoms with van der Waals surface area (Å²) in [7, 11) is 0. The van der Waals surface area contributed by atoms with E-state index in [2.05, 4.69) is 13.0 Å². The Morgan fingerprint density at radius 2 is 1.90 bits per heavy atom. The molecule has 2 nitrogen and oxygen atoms in total. The van der Waals surface area contributed by atoms with E-state index in [1.807, 2.05) is 0 Å². The number of allylic oxidation sites excluding steroid dienone is 1. The Balaban J connectivity index is 1.68. The molecule has 0 aromatic rings. The molecule has 0 aliphatic heterocycles. The van der Waals surface area contributed by atoms with Crippen molar-refractivity contribution in [2.45, 2.75) is 70.5 Å². The molecule has 3 saturated carbocycles. The summed E-state index contributed by atoms with van der Waals surface area (Å²) in [5.74, 6) is 0.733. The quantitative estimate of drug-likeness (QED) is 0.524. The van der Waals surface area contributed by atoms with Gasteiger partial charge in [0.25, 0.3) is 0 Å². The van der Waals surface area contributed by atoms with Crippen LogP contribution in [0, 0.1) is 29.1 Å². The van der Waals surface area contributed by atoms with Gasteiger partial charge in [-0.2, -0.15) is 0 Å². The number of hydrogen-bond donors (Lipinski definition) is 2. The predicted molar refractivity (Wildman–Crippen MR) is 78.9 cm³/mol. The molecular weight excluding hydrogens is 248 g/mol. The minimum atomic E-state index is -1.43. The topological polar surface area (TPSA) is 40.5 Å². The molecule has 0 bridgehead atoms. The van der Waals surface area contributed by atoms with Gasteiger partial charge in [-0.05, 0) is 68.1 Å². The predicted octanol–water partition coefficient (Wildman–Crippen LogP) is 3.63. The van der Waals surface area contributed by atoms with Crippen LogP contribution in [0.1, 0.15) is 64.7 Å². The van der Waals surface area contributed by atoms with Crippen LogP contribution in [0.25, 0.3) is 0 Å². The van der Waals surface area contributed by atoms with Crippen LogP contribution in [0.3, 0.4) is 0 Å². The van der Waals surface area contributed by atoms with E-state index in [1.165, 1.54) is 44.1 Å². The lowest BCUT2D eigenvalue weighted by molar-refractivity contribution is -0.225. The zero-order valence-corrected chi connectivity index (χ0v) is 12.6. The van der Waals surface area contributed by atoms with Gasteiger partial charge in [-0.15, -0.1) is 0 Å². The van der Waals surface area contributed by atoms with Crippen molar-refractivity contribution in [3.05, 3.63) is 11.6 Å². The molecule has 0 spiro atoms. The Kier molecular flexibility index (Phi) is 2.89. The van der Waals surface area contributed by atoms with E-state index in [-0.39, 0.29) is 5.92 Å². The number of rotatable bonds is 0. The third kappa shape index (κ3) is 1.77. The van der Waals surface area contributed by atoms with Gasteiger partial charge in [0.2, 0.25) is 0 Å². The average molecular weight is 276 g/mol. The molecule has 20 heavy (non-hydrogen) atoms. The van der Waals surface area contributed by atoms with Gasteiger partial charge in [0.1, 0.15) is 0 Å². The second kappa shape index (κ2) is 4.33. The van der Waals surface area contributed by atoms with Gasteiger partial charge in [-0.3, -0.25) is 0 Å². The Morgan fingerprint density at radius 3 is 2.75 bits per heavy atom. The minimum absolute atomic E-state index is 0.0418. The van der Waals surface area contributed by atoms with Crippen molar-refractivity contribution >= 4 is 0 Å². The second-order valence-electron chi connectivity index (χ2n) is 8.23. The van der Waals surface area contributed by atoms with Gasteiger partial charge < -0.3 is 10.2 Å². The van der Waals surface area contributed by atoms with Crippen LogP contribution in [-0.4, -0.2) is 16.0 Å². The van der Waals surface area contributed by atoms with Crippen molar-refractivity contribution in [1.82, 2.24) is 0 Å². The van der Waals surface area contributed by atoms with Crippen molar-refractivity contribution in [2.75, 3.05) is 0 Å². The maximum atomic E-state index is 10.5. The highest BCUT2D eigenvalue weighted by atomic mass is 16.5. The van der Waals surface area contributed by atoms with E-state index in [0.29, 0.717) is 17.8 Å². The summed E-state index contributed by atoms with van der Waals surface area (Å²) in [5.41, 5.74) is 1.93. The summed E-state index contributed by atoms with van der Waals surface area (Å²) < 4.78 is 0. The number of fused-ring (bicyclic) bond motifs is 5. The maximum absolute atomic E-state index is 10.5. The molecule has 3 fully saturated rings. The zero-order valence-electron chi connectivity index (χ0n) is 12.6. The third-order valence-corrected chi connectivity index (χ3v) is 7.28. The molecule has 2 heteroatoms. The molecule has 0 unspecified atom stereocenters. The molecule has 0 radical (unpaired) electrons. The largest absolute Gasteiger partial charge is 0.365 e. The first-order valence-electron chi connectivity index (χ1n) is 8.65. The Hall–Kier alpha value is -0.340. The Labute approximate surface area is 122 Å². The van der Waals surface area contributed by atoms with Gasteiger partial charge in [-0.25, -0.2) is 0 Å². The summed E-state index contributed by atoms with van der Waals surface area (Å²) in [6.07, 6.45) is 12.8. The van der Waals surface area contributed by atoms with Crippen LogP contribution in [-0.2, 0) is 0 Å². The maximum Gasteiger partial charge on any atom is 0.169 e. The highest BCUT2D eigenvalue weighted by molar-refractivity contribution is 5.21. The molecule has 4 rings (SSSR count). The van der Waals surface area contributed by atoms with Gasteiger partial charge in [0.05, 0.1) is 0 Å². The van der Waals surface area contributed by atoms with Gasteiger partial charge in [-0.1, -0.05) is 25.0 Å². The van der Waals surface area contributed by atoms with Crippen LogP contribution in [0.4, 0.5) is 0 Å². The van der Waals surface area contributed by atoms with E-state index in [9.17, 15) is 10.2 Å². The number of aliphatic hydroxyl groups is 2. The van der Waals surface area contributed by atoms with Crippen LogP contribution in [0.15, 0.2) is 11.6 Å². The van der Waals surface area contributed by atoms with Gasteiger partial charge in [0.15, 0.2) is 5.79 Å². The zero-order chi connectivity index (χ0) is 14.0. The van der Waals surface area contributed by atoms with E-state index in [1.54, 1.807) is 0 Å². The molecule has 5 atom stereocenters. The molecular formula is C18H28O2. The molecule has 0 heterocycles. The van der Waals surface area contributed by atoms with Crippen LogP contribution < -0.4 is 0 Å². The van der Waals surface area contributed by atoms with Crippen molar-refractivity contribution < 1.29 is 10.2 Å². The first kappa shape index (κ1) is 13.3. The molecule has 0 aromatic carbocycles. The molecule has 0 amide bonds. The normalized spacial score (nSPS) is 49.9. The molecule has 4 aliphatic carbocycles. The average Bonchev–Trinajstić information content (AvgIpc) is 2.79. The van der Waals surface area contributed by atoms with Crippen molar-refractivity contribution in [3.8, 4) is 0 Å². The van der Waals surface area contributed by atoms with Gasteiger partial charge in [0, 0.05) is 12.3 Å². The van der Waals surface area contributed by atoms with Crippen molar-refractivity contribution in [3.63, 3.8) is 0 Å². The Morgan fingerprint density at radius 1 is 1.05 bits per heavy atom. The van der Waals surface area contributed by atoms with Gasteiger partial charge >= 0.3 is 0 Å². The number of hydrogen-bond acceptors (Lipinski definition) is 2. The lowest BCUT2D eigenvalue weighted by Gasteiger charge is -2.55.